The van der Waals surface area contributed by atoms with Gasteiger partial charge in [0.2, 0.25) is 0 Å². The average Bonchev–Trinajstić information content (AvgIpc) is 2.55. The molecule has 0 aromatic heterocycles. The van der Waals surface area contributed by atoms with Crippen molar-refractivity contribution in [2.24, 2.45) is 5.73 Å². The molecule has 0 radical (unpaired) electrons. The minimum Gasteiger partial charge on any atom is -0.508 e. The third-order valence-electron chi connectivity index (χ3n) is 3.02. The maximum absolute atomic E-state index is 9.47. The van der Waals surface area contributed by atoms with Crippen molar-refractivity contribution in [3.63, 3.8) is 0 Å². The Hall–Kier alpha value is -1.51. The van der Waals surface area contributed by atoms with E-state index in [2.05, 4.69) is 0 Å². The summed E-state index contributed by atoms with van der Waals surface area (Å²) in [5.74, 6) is 0.234. The van der Waals surface area contributed by atoms with Crippen molar-refractivity contribution in [3.05, 3.63) is 52.5 Å². The summed E-state index contributed by atoms with van der Waals surface area (Å²) in [5.41, 5.74) is 10.1. The second kappa shape index (κ2) is 3.24. The second-order valence-electron chi connectivity index (χ2n) is 3.95. The summed E-state index contributed by atoms with van der Waals surface area (Å²) in [6, 6.07) is 10.8. The number of halogens is 1. The first-order valence-electron chi connectivity index (χ1n) is 5.06. The van der Waals surface area contributed by atoms with Crippen molar-refractivity contribution >= 4 is 11.6 Å². The Labute approximate surface area is 98.3 Å². The van der Waals surface area contributed by atoms with Gasteiger partial charge in [-0.1, -0.05) is 29.8 Å². The number of rotatable bonds is 0. The fourth-order valence-electron chi connectivity index (χ4n) is 2.29. The number of nitrogens with two attached hydrogens (primary N) is 1. The molecule has 1 aliphatic carbocycles. The zero-order chi connectivity index (χ0) is 11.3. The number of hydrogen-bond acceptors (Lipinski definition) is 2. The normalized spacial score (nSPS) is 17.0. The van der Waals surface area contributed by atoms with Crippen LogP contribution in [-0.4, -0.2) is 5.11 Å². The van der Waals surface area contributed by atoms with Crippen molar-refractivity contribution < 1.29 is 5.11 Å². The van der Waals surface area contributed by atoms with Crippen molar-refractivity contribution in [3.8, 4) is 16.9 Å². The molecule has 2 aromatic carbocycles. The van der Waals surface area contributed by atoms with Crippen molar-refractivity contribution in [1.29, 1.82) is 0 Å². The monoisotopic (exact) mass is 231 g/mol. The van der Waals surface area contributed by atoms with Crippen LogP contribution in [0.3, 0.4) is 0 Å². The quantitative estimate of drug-likeness (QED) is 0.732. The van der Waals surface area contributed by atoms with Crippen molar-refractivity contribution in [2.45, 2.75) is 6.04 Å². The Morgan fingerprint density at radius 1 is 1.12 bits per heavy atom. The molecular weight excluding hydrogens is 222 g/mol. The Morgan fingerprint density at radius 3 is 2.75 bits per heavy atom. The van der Waals surface area contributed by atoms with Crippen LogP contribution in [0.2, 0.25) is 5.02 Å². The van der Waals surface area contributed by atoms with E-state index in [0.29, 0.717) is 5.02 Å². The van der Waals surface area contributed by atoms with Crippen LogP contribution >= 0.6 is 11.6 Å². The highest BCUT2D eigenvalue weighted by atomic mass is 35.5. The van der Waals surface area contributed by atoms with Crippen LogP contribution in [-0.2, 0) is 0 Å². The number of benzene rings is 2. The third kappa shape index (κ3) is 1.17. The van der Waals surface area contributed by atoms with Crippen LogP contribution in [0, 0.1) is 0 Å². The van der Waals surface area contributed by atoms with Gasteiger partial charge in [0.25, 0.3) is 0 Å². The Kier molecular flexibility index (Phi) is 1.96. The summed E-state index contributed by atoms with van der Waals surface area (Å²) in [6.07, 6.45) is 0. The van der Waals surface area contributed by atoms with Gasteiger partial charge in [-0.25, -0.2) is 0 Å². The van der Waals surface area contributed by atoms with Crippen molar-refractivity contribution in [1.82, 2.24) is 0 Å². The molecule has 0 saturated carbocycles. The molecule has 3 heteroatoms. The number of aromatic hydroxyl groups is 1. The standard InChI is InChI=1S/C13H10ClNO/c14-11-3-1-2-9-12(11)8-5-4-7(16)6-10(8)13(9)15/h1-6,13,16H,15H2. The van der Waals surface area contributed by atoms with Crippen molar-refractivity contribution in [2.75, 3.05) is 0 Å². The van der Waals surface area contributed by atoms with Gasteiger partial charge in [0.1, 0.15) is 5.75 Å². The number of phenols is 1. The highest BCUT2D eigenvalue weighted by Crippen LogP contribution is 2.46. The van der Waals surface area contributed by atoms with Gasteiger partial charge in [-0.3, -0.25) is 0 Å². The Morgan fingerprint density at radius 2 is 1.94 bits per heavy atom. The topological polar surface area (TPSA) is 46.2 Å². The summed E-state index contributed by atoms with van der Waals surface area (Å²) < 4.78 is 0. The maximum atomic E-state index is 9.47. The molecule has 2 nitrogen and oxygen atoms in total. The lowest BCUT2D eigenvalue weighted by molar-refractivity contribution is 0.474. The van der Waals surface area contributed by atoms with Gasteiger partial charge < -0.3 is 10.8 Å². The molecule has 0 bridgehead atoms. The van der Waals surface area contributed by atoms with Crippen LogP contribution in [0.1, 0.15) is 17.2 Å². The van der Waals surface area contributed by atoms with Gasteiger partial charge in [-0.15, -0.1) is 0 Å². The molecule has 0 amide bonds. The highest BCUT2D eigenvalue weighted by molar-refractivity contribution is 6.33. The first-order valence-corrected chi connectivity index (χ1v) is 5.43. The molecule has 0 saturated heterocycles. The summed E-state index contributed by atoms with van der Waals surface area (Å²) in [4.78, 5) is 0. The molecule has 1 atom stereocenters. The van der Waals surface area contributed by atoms with E-state index in [0.717, 1.165) is 22.3 Å². The van der Waals surface area contributed by atoms with Crippen LogP contribution in [0.4, 0.5) is 0 Å². The molecule has 1 aliphatic rings. The van der Waals surface area contributed by atoms with E-state index < -0.39 is 0 Å². The number of phenolic OH excluding ortho intramolecular Hbond substituents is 1. The van der Waals surface area contributed by atoms with E-state index in [-0.39, 0.29) is 11.8 Å². The SMILES string of the molecule is NC1c2cc(O)ccc2-c2c(Cl)cccc21. The number of fused-ring (bicyclic) bond motifs is 3. The largest absolute Gasteiger partial charge is 0.508 e. The maximum Gasteiger partial charge on any atom is 0.115 e. The van der Waals surface area contributed by atoms with E-state index in [4.69, 9.17) is 17.3 Å². The predicted molar refractivity (Wildman–Crippen MR) is 64.6 cm³/mol. The van der Waals surface area contributed by atoms with E-state index in [9.17, 15) is 5.11 Å². The first kappa shape index (κ1) is 9.70. The molecule has 16 heavy (non-hydrogen) atoms. The molecular formula is C13H10ClNO. The Bertz CT molecular complexity index is 580. The van der Waals surface area contributed by atoms with E-state index in [1.54, 1.807) is 12.1 Å². The Balaban J connectivity index is 2.36. The summed E-state index contributed by atoms with van der Waals surface area (Å²) >= 11 is 6.18. The minimum absolute atomic E-state index is 0.198. The molecule has 0 spiro atoms. The minimum atomic E-state index is -0.198. The third-order valence-corrected chi connectivity index (χ3v) is 3.34. The lowest BCUT2D eigenvalue weighted by atomic mass is 10.1. The van der Waals surface area contributed by atoms with E-state index in [1.807, 2.05) is 24.3 Å². The van der Waals surface area contributed by atoms with Gasteiger partial charge in [0, 0.05) is 10.6 Å². The molecule has 2 aromatic rings. The molecule has 0 fully saturated rings. The van der Waals surface area contributed by atoms with E-state index in [1.165, 1.54) is 0 Å². The zero-order valence-electron chi connectivity index (χ0n) is 8.44. The lowest BCUT2D eigenvalue weighted by Gasteiger charge is -2.06. The average molecular weight is 232 g/mol. The molecule has 0 heterocycles. The van der Waals surface area contributed by atoms with Gasteiger partial charge in [-0.05, 0) is 34.9 Å². The molecule has 80 valence electrons. The number of hydrogen-bond donors (Lipinski definition) is 2. The van der Waals surface area contributed by atoms with Gasteiger partial charge in [0.15, 0.2) is 0 Å². The zero-order valence-corrected chi connectivity index (χ0v) is 9.20. The fraction of sp³-hybridized carbons (Fsp3) is 0.0769. The predicted octanol–water partition coefficient (Wildman–Crippen LogP) is 3.07. The first-order chi connectivity index (χ1) is 7.68. The molecule has 3 N–H and O–H groups in total. The highest BCUT2D eigenvalue weighted by Gasteiger charge is 2.27. The summed E-state index contributed by atoms with van der Waals surface area (Å²) in [6.45, 7) is 0. The van der Waals surface area contributed by atoms with Gasteiger partial charge in [0.05, 0.1) is 6.04 Å². The summed E-state index contributed by atoms with van der Waals surface area (Å²) in [7, 11) is 0. The second-order valence-corrected chi connectivity index (χ2v) is 4.36. The smallest absolute Gasteiger partial charge is 0.115 e. The van der Waals surface area contributed by atoms with Crippen LogP contribution in [0.15, 0.2) is 36.4 Å². The molecule has 0 aliphatic heterocycles. The molecule has 1 unspecified atom stereocenters. The van der Waals surface area contributed by atoms with E-state index >= 15 is 0 Å². The van der Waals surface area contributed by atoms with Crippen LogP contribution in [0.25, 0.3) is 11.1 Å². The van der Waals surface area contributed by atoms with Gasteiger partial charge >= 0.3 is 0 Å². The van der Waals surface area contributed by atoms with Crippen LogP contribution < -0.4 is 5.73 Å². The fourth-order valence-corrected chi connectivity index (χ4v) is 2.57. The lowest BCUT2D eigenvalue weighted by Crippen LogP contribution is -2.07. The molecule has 3 rings (SSSR count). The van der Waals surface area contributed by atoms with Gasteiger partial charge in [-0.2, -0.15) is 0 Å². The van der Waals surface area contributed by atoms with Crippen LogP contribution in [0.5, 0.6) is 5.75 Å². The summed E-state index contributed by atoms with van der Waals surface area (Å²) in [5, 5.41) is 10.2.